The summed E-state index contributed by atoms with van der Waals surface area (Å²) in [6.45, 7) is 2.17. The topological polar surface area (TPSA) is 70.1 Å². The minimum absolute atomic E-state index is 0.0626. The van der Waals surface area contributed by atoms with Crippen molar-refractivity contribution in [3.8, 4) is 17.6 Å². The summed E-state index contributed by atoms with van der Waals surface area (Å²) in [5, 5.41) is 13.1. The van der Waals surface area contributed by atoms with Gasteiger partial charge in [0.05, 0.1) is 12.7 Å². The number of hydrogen-bond acceptors (Lipinski definition) is 7. The van der Waals surface area contributed by atoms with Crippen LogP contribution in [0.2, 0.25) is 0 Å². The van der Waals surface area contributed by atoms with E-state index < -0.39 is 5.97 Å². The van der Waals surface area contributed by atoms with E-state index in [1.807, 2.05) is 59.2 Å². The van der Waals surface area contributed by atoms with E-state index in [4.69, 9.17) is 9.84 Å². The summed E-state index contributed by atoms with van der Waals surface area (Å²) in [6, 6.07) is 19.5. The van der Waals surface area contributed by atoms with Crippen LogP contribution in [0.3, 0.4) is 0 Å². The Labute approximate surface area is 230 Å². The lowest BCUT2D eigenvalue weighted by Gasteiger charge is -2.37. The van der Waals surface area contributed by atoms with E-state index in [-0.39, 0.29) is 5.24 Å². The Morgan fingerprint density at radius 3 is 2.78 bits per heavy atom. The van der Waals surface area contributed by atoms with Gasteiger partial charge in [-0.15, -0.1) is 11.3 Å². The fraction of sp³-hybridized carbons (Fsp3) is 0.286. The Morgan fingerprint density at radius 1 is 1.11 bits per heavy atom. The van der Waals surface area contributed by atoms with Gasteiger partial charge in [-0.2, -0.15) is 11.8 Å². The number of thiophene rings is 1. The standard InChI is InChI=1S/C28H28N2O4S3/c1-34-25-8-3-2-7-23(25)10-9-21-5-4-6-22(19-21)20-35-17-15-29-16-18-36-28(33)30(29)14-13-24-11-12-26(37-24)27(31)32/h2-8,11-12,19H,13-18,20H2,1H3,(H,31,32). The average molecular weight is 553 g/mol. The van der Waals surface area contributed by atoms with E-state index in [1.54, 1.807) is 13.2 Å². The molecule has 0 saturated carbocycles. The number of methoxy groups -OCH3 is 1. The number of para-hydroxylation sites is 1. The minimum Gasteiger partial charge on any atom is -0.495 e. The summed E-state index contributed by atoms with van der Waals surface area (Å²) in [4.78, 5) is 25.0. The van der Waals surface area contributed by atoms with Crippen LogP contribution < -0.4 is 4.74 Å². The number of carboxylic acid groups (broad SMARTS) is 1. The molecule has 1 aliphatic rings. The van der Waals surface area contributed by atoms with E-state index in [9.17, 15) is 9.59 Å². The maximum atomic E-state index is 12.6. The summed E-state index contributed by atoms with van der Waals surface area (Å²) in [7, 11) is 1.65. The first kappa shape index (κ1) is 27.1. The summed E-state index contributed by atoms with van der Waals surface area (Å²) in [5.41, 5.74) is 3.05. The van der Waals surface area contributed by atoms with Gasteiger partial charge >= 0.3 is 5.97 Å². The predicted molar refractivity (Wildman–Crippen MR) is 153 cm³/mol. The first-order valence-electron chi connectivity index (χ1n) is 11.9. The number of thioether (sulfide) groups is 2. The molecule has 0 bridgehead atoms. The molecule has 6 nitrogen and oxygen atoms in total. The SMILES string of the molecule is COc1ccccc1C#Cc1cccc(CSCCN2CCSC(=O)N2CCc2ccc(C(=O)O)s2)c1. The van der Waals surface area contributed by atoms with Crippen LogP contribution in [0.4, 0.5) is 4.79 Å². The maximum absolute atomic E-state index is 12.6. The second kappa shape index (κ2) is 13.6. The number of ether oxygens (including phenoxy) is 1. The van der Waals surface area contributed by atoms with E-state index in [0.717, 1.165) is 52.1 Å². The largest absolute Gasteiger partial charge is 0.495 e. The molecule has 0 aliphatic carbocycles. The third kappa shape index (κ3) is 7.79. The molecular weight excluding hydrogens is 525 g/mol. The summed E-state index contributed by atoms with van der Waals surface area (Å²) in [6.07, 6.45) is 0.649. The highest BCUT2D eigenvalue weighted by atomic mass is 32.2. The molecule has 9 heteroatoms. The number of rotatable bonds is 10. The lowest BCUT2D eigenvalue weighted by atomic mass is 10.1. The van der Waals surface area contributed by atoms with Gasteiger partial charge in [0.1, 0.15) is 10.6 Å². The van der Waals surface area contributed by atoms with Crippen molar-refractivity contribution in [1.82, 2.24) is 10.0 Å². The molecule has 1 amide bonds. The normalized spacial score (nSPS) is 13.8. The van der Waals surface area contributed by atoms with Crippen molar-refractivity contribution in [2.24, 2.45) is 0 Å². The summed E-state index contributed by atoms with van der Waals surface area (Å²) < 4.78 is 5.38. The smallest absolute Gasteiger partial charge is 0.345 e. The molecule has 2 aromatic carbocycles. The Bertz CT molecular complexity index is 1300. The zero-order valence-corrected chi connectivity index (χ0v) is 23.0. The molecule has 0 radical (unpaired) electrons. The first-order chi connectivity index (χ1) is 18.0. The molecule has 0 unspecified atom stereocenters. The number of hydrogen-bond donors (Lipinski definition) is 1. The lowest BCUT2D eigenvalue weighted by Crippen LogP contribution is -2.51. The van der Waals surface area contributed by atoms with Crippen LogP contribution in [0.15, 0.2) is 60.7 Å². The Balaban J connectivity index is 1.28. The van der Waals surface area contributed by atoms with E-state index in [2.05, 4.69) is 29.0 Å². The van der Waals surface area contributed by atoms with Gasteiger partial charge in [0.2, 0.25) is 0 Å². The molecule has 1 N–H and O–H groups in total. The highest BCUT2D eigenvalue weighted by molar-refractivity contribution is 8.13. The van der Waals surface area contributed by atoms with Crippen molar-refractivity contribution in [3.63, 3.8) is 0 Å². The molecule has 192 valence electrons. The third-order valence-electron chi connectivity index (χ3n) is 5.71. The molecule has 1 fully saturated rings. The second-order valence-corrected chi connectivity index (χ2v) is 11.5. The van der Waals surface area contributed by atoms with Crippen molar-refractivity contribution in [1.29, 1.82) is 0 Å². The average Bonchev–Trinajstić information content (AvgIpc) is 3.39. The molecule has 0 atom stereocenters. The van der Waals surface area contributed by atoms with Crippen LogP contribution in [0.1, 0.15) is 31.2 Å². The van der Waals surface area contributed by atoms with Gasteiger partial charge < -0.3 is 9.84 Å². The van der Waals surface area contributed by atoms with Gasteiger partial charge in [-0.05, 0) is 42.0 Å². The molecular formula is C28H28N2O4S3. The fourth-order valence-corrected chi connectivity index (χ4v) is 6.41. The van der Waals surface area contributed by atoms with Crippen LogP contribution in [0.5, 0.6) is 5.75 Å². The molecule has 4 rings (SSSR count). The Morgan fingerprint density at radius 2 is 1.97 bits per heavy atom. The number of hydrazine groups is 1. The molecule has 0 spiro atoms. The van der Waals surface area contributed by atoms with Crippen molar-refractivity contribution in [3.05, 3.63) is 87.1 Å². The highest BCUT2D eigenvalue weighted by Crippen LogP contribution is 2.23. The number of aromatic carboxylic acids is 1. The Kier molecular flexibility index (Phi) is 9.97. The fourth-order valence-electron chi connectivity index (χ4n) is 3.84. The van der Waals surface area contributed by atoms with E-state index in [1.165, 1.54) is 28.7 Å². The minimum atomic E-state index is -0.909. The number of nitrogens with zero attached hydrogens (tertiary/aromatic N) is 2. The quantitative estimate of drug-likeness (QED) is 0.255. The third-order valence-corrected chi connectivity index (χ3v) is 8.69. The van der Waals surface area contributed by atoms with E-state index in [0.29, 0.717) is 17.8 Å². The number of amides is 1. The van der Waals surface area contributed by atoms with Gasteiger partial charge in [-0.25, -0.2) is 9.80 Å². The van der Waals surface area contributed by atoms with Crippen LogP contribution >= 0.6 is 34.9 Å². The van der Waals surface area contributed by atoms with Gasteiger partial charge in [-0.1, -0.05) is 47.9 Å². The number of carbonyl (C=O) groups excluding carboxylic acids is 1. The highest BCUT2D eigenvalue weighted by Gasteiger charge is 2.26. The van der Waals surface area contributed by atoms with Crippen molar-refractivity contribution in [2.75, 3.05) is 38.2 Å². The maximum Gasteiger partial charge on any atom is 0.345 e. The van der Waals surface area contributed by atoms with Crippen molar-refractivity contribution >= 4 is 46.1 Å². The van der Waals surface area contributed by atoms with Gasteiger partial charge in [0.25, 0.3) is 5.24 Å². The molecule has 37 heavy (non-hydrogen) atoms. The van der Waals surface area contributed by atoms with Gasteiger partial charge in [0, 0.05) is 53.8 Å². The number of carboxylic acids is 1. The van der Waals surface area contributed by atoms with E-state index >= 15 is 0 Å². The molecule has 1 aliphatic heterocycles. The predicted octanol–water partition coefficient (Wildman–Crippen LogP) is 5.72. The Hall–Kier alpha value is -2.90. The van der Waals surface area contributed by atoms with Crippen LogP contribution in [0.25, 0.3) is 0 Å². The summed E-state index contributed by atoms with van der Waals surface area (Å²) in [5.74, 6) is 8.85. The number of carbonyl (C=O) groups is 2. The molecule has 1 aromatic heterocycles. The van der Waals surface area contributed by atoms with Crippen molar-refractivity contribution < 1.29 is 19.4 Å². The molecule has 3 aromatic rings. The van der Waals surface area contributed by atoms with Crippen molar-refractivity contribution in [2.45, 2.75) is 12.2 Å². The van der Waals surface area contributed by atoms with Gasteiger partial charge in [0.15, 0.2) is 0 Å². The molecule has 2 heterocycles. The number of benzene rings is 2. The first-order valence-corrected chi connectivity index (χ1v) is 14.8. The van der Waals surface area contributed by atoms with Crippen LogP contribution in [-0.4, -0.2) is 64.6 Å². The molecule has 1 saturated heterocycles. The lowest BCUT2D eigenvalue weighted by molar-refractivity contribution is 0.0349. The van der Waals surface area contributed by atoms with Gasteiger partial charge in [-0.3, -0.25) is 9.80 Å². The van der Waals surface area contributed by atoms with Crippen LogP contribution in [-0.2, 0) is 12.2 Å². The zero-order chi connectivity index (χ0) is 26.0. The van der Waals surface area contributed by atoms with Crippen LogP contribution in [0, 0.1) is 11.8 Å². The monoisotopic (exact) mass is 552 g/mol. The zero-order valence-electron chi connectivity index (χ0n) is 20.5. The summed E-state index contributed by atoms with van der Waals surface area (Å²) >= 11 is 4.45. The second-order valence-electron chi connectivity index (χ2n) is 8.22.